The van der Waals surface area contributed by atoms with E-state index in [1.54, 1.807) is 41.0 Å². The number of fused-ring (bicyclic) bond motifs is 2. The van der Waals surface area contributed by atoms with Crippen LogP contribution in [-0.2, 0) is 13.6 Å². The Morgan fingerprint density at radius 1 is 1.20 bits per heavy atom. The summed E-state index contributed by atoms with van der Waals surface area (Å²) < 4.78 is 3.16. The number of halogens is 1. The number of piperazine rings is 1. The molecule has 5 rings (SSSR count). The van der Waals surface area contributed by atoms with Crippen LogP contribution in [0.5, 0.6) is 0 Å². The number of benzene rings is 1. The number of hydrogen-bond donors (Lipinski definition) is 0. The maximum absolute atomic E-state index is 12.8. The smallest absolute Gasteiger partial charge is 0.252 e. The lowest BCUT2D eigenvalue weighted by molar-refractivity contribution is 0.121. The van der Waals surface area contributed by atoms with Gasteiger partial charge in [-0.25, -0.2) is 0 Å². The quantitative estimate of drug-likeness (QED) is 0.396. The number of nitrogens with zero attached hydrogens (tertiary/aromatic N) is 8. The van der Waals surface area contributed by atoms with Gasteiger partial charge in [-0.05, 0) is 31.5 Å². The molecule has 0 spiro atoms. The first-order valence-electron chi connectivity index (χ1n) is 11.6. The molecule has 4 heterocycles. The summed E-state index contributed by atoms with van der Waals surface area (Å²) in [5.41, 5.74) is 5.03. The molecule has 1 aromatic carbocycles. The second-order valence-electron chi connectivity index (χ2n) is 9.13. The molecule has 0 N–H and O–H groups in total. The Morgan fingerprint density at radius 2 is 1.97 bits per heavy atom. The predicted molar refractivity (Wildman–Crippen MR) is 137 cm³/mol. The summed E-state index contributed by atoms with van der Waals surface area (Å²) in [6.45, 7) is 5.91. The summed E-state index contributed by atoms with van der Waals surface area (Å²) in [6.07, 6.45) is 5.17. The van der Waals surface area contributed by atoms with Crippen LogP contribution < -0.4 is 10.5 Å². The Labute approximate surface area is 208 Å². The van der Waals surface area contributed by atoms with Gasteiger partial charge in [-0.1, -0.05) is 6.07 Å². The molecule has 3 atom stereocenters. The minimum atomic E-state index is -0.105. The standard InChI is InChI=1S/C25H27ClN8O/c1-16-13-34(17(2)18-4-5-20-21(10-18)29-8-7-28-20)19(12-26)14-33(16)22-11-24(35)31(3)23-15-32(9-6-27)30-25(22)23/h4-5,7-8,10-11,15-17,19H,9,12-14H2,1-3H3/t16-,17?,19+/m0/s1. The van der Waals surface area contributed by atoms with Crippen LogP contribution in [0.1, 0.15) is 25.5 Å². The second-order valence-corrected chi connectivity index (χ2v) is 9.44. The van der Waals surface area contributed by atoms with Crippen LogP contribution in [0, 0.1) is 11.3 Å². The van der Waals surface area contributed by atoms with Crippen molar-refractivity contribution in [2.75, 3.05) is 23.9 Å². The van der Waals surface area contributed by atoms with Crippen LogP contribution in [0.25, 0.3) is 22.1 Å². The van der Waals surface area contributed by atoms with Crippen molar-refractivity contribution in [3.05, 3.63) is 58.8 Å². The molecule has 1 aliphatic rings. The third-order valence-corrected chi connectivity index (χ3v) is 7.37. The van der Waals surface area contributed by atoms with Crippen molar-refractivity contribution in [2.45, 2.75) is 38.5 Å². The highest BCUT2D eigenvalue weighted by molar-refractivity contribution is 6.18. The van der Waals surface area contributed by atoms with E-state index in [1.165, 1.54) is 5.56 Å². The monoisotopic (exact) mass is 490 g/mol. The predicted octanol–water partition coefficient (Wildman–Crippen LogP) is 3.08. The van der Waals surface area contributed by atoms with Crippen molar-refractivity contribution in [2.24, 2.45) is 7.05 Å². The van der Waals surface area contributed by atoms with Gasteiger partial charge in [-0.2, -0.15) is 10.4 Å². The van der Waals surface area contributed by atoms with Crippen molar-refractivity contribution >= 4 is 39.4 Å². The van der Waals surface area contributed by atoms with Crippen LogP contribution in [0.15, 0.2) is 47.7 Å². The molecule has 9 nitrogen and oxygen atoms in total. The van der Waals surface area contributed by atoms with Crippen LogP contribution in [0.3, 0.4) is 0 Å². The van der Waals surface area contributed by atoms with E-state index >= 15 is 0 Å². The topological polar surface area (TPSA) is 95.9 Å². The van der Waals surface area contributed by atoms with E-state index < -0.39 is 0 Å². The molecule has 180 valence electrons. The van der Waals surface area contributed by atoms with Crippen molar-refractivity contribution in [3.63, 3.8) is 0 Å². The van der Waals surface area contributed by atoms with E-state index in [2.05, 4.69) is 56.9 Å². The van der Waals surface area contributed by atoms with Crippen LogP contribution >= 0.6 is 11.6 Å². The summed E-state index contributed by atoms with van der Waals surface area (Å²) >= 11 is 6.51. The Kier molecular flexibility index (Phi) is 6.17. The zero-order valence-electron chi connectivity index (χ0n) is 20.0. The Hall–Kier alpha value is -3.48. The Bertz CT molecular complexity index is 1490. The van der Waals surface area contributed by atoms with Gasteiger partial charge in [0.2, 0.25) is 0 Å². The lowest BCUT2D eigenvalue weighted by Gasteiger charge is -2.48. The van der Waals surface area contributed by atoms with E-state index in [4.69, 9.17) is 16.9 Å². The maximum Gasteiger partial charge on any atom is 0.252 e. The molecule has 1 aliphatic heterocycles. The summed E-state index contributed by atoms with van der Waals surface area (Å²) in [4.78, 5) is 26.3. The summed E-state index contributed by atoms with van der Waals surface area (Å²) in [5, 5.41) is 13.7. The molecule has 0 saturated carbocycles. The van der Waals surface area contributed by atoms with E-state index in [9.17, 15) is 4.79 Å². The number of pyridine rings is 1. The minimum absolute atomic E-state index is 0.0701. The molecule has 1 saturated heterocycles. The normalized spacial score (nSPS) is 19.8. The molecule has 4 aromatic rings. The van der Waals surface area contributed by atoms with E-state index in [-0.39, 0.29) is 30.2 Å². The molecule has 10 heteroatoms. The van der Waals surface area contributed by atoms with Gasteiger partial charge in [0.25, 0.3) is 5.56 Å². The van der Waals surface area contributed by atoms with Gasteiger partial charge in [0.15, 0.2) is 0 Å². The maximum atomic E-state index is 12.8. The zero-order valence-corrected chi connectivity index (χ0v) is 20.7. The number of nitriles is 1. The Morgan fingerprint density at radius 3 is 2.71 bits per heavy atom. The number of anilines is 1. The third-order valence-electron chi connectivity index (χ3n) is 7.01. The van der Waals surface area contributed by atoms with Gasteiger partial charge in [-0.15, -0.1) is 11.6 Å². The highest BCUT2D eigenvalue weighted by Crippen LogP contribution is 2.33. The van der Waals surface area contributed by atoms with Gasteiger partial charge in [0, 0.05) is 62.6 Å². The first-order chi connectivity index (χ1) is 16.9. The van der Waals surface area contributed by atoms with E-state index in [0.29, 0.717) is 17.9 Å². The average molecular weight is 491 g/mol. The van der Waals surface area contributed by atoms with Crippen LogP contribution in [-0.4, -0.2) is 60.3 Å². The summed E-state index contributed by atoms with van der Waals surface area (Å²) in [5.74, 6) is 0.456. The Balaban J connectivity index is 1.48. The molecular weight excluding hydrogens is 464 g/mol. The highest BCUT2D eigenvalue weighted by Gasteiger charge is 2.35. The minimum Gasteiger partial charge on any atom is -0.364 e. The number of rotatable bonds is 5. The third kappa shape index (κ3) is 4.13. The second kappa shape index (κ2) is 9.29. The van der Waals surface area contributed by atoms with Crippen molar-refractivity contribution in [3.8, 4) is 6.07 Å². The number of aryl methyl sites for hydroxylation is 1. The lowest BCUT2D eigenvalue weighted by atomic mass is 9.99. The fourth-order valence-electron chi connectivity index (χ4n) is 5.06. The van der Waals surface area contributed by atoms with Crippen molar-refractivity contribution in [1.82, 2.24) is 29.2 Å². The highest BCUT2D eigenvalue weighted by atomic mass is 35.5. The van der Waals surface area contributed by atoms with Crippen LogP contribution in [0.4, 0.5) is 5.69 Å². The number of aromatic nitrogens is 5. The summed E-state index contributed by atoms with van der Waals surface area (Å²) in [7, 11) is 1.73. The first kappa shape index (κ1) is 23.3. The molecule has 3 aromatic heterocycles. The van der Waals surface area contributed by atoms with Gasteiger partial charge >= 0.3 is 0 Å². The SMILES string of the molecule is CC(c1ccc2nccnc2c1)N1C[C@H](C)N(c2cc(=O)n(C)c3cn(CC#N)nc23)C[C@H]1CCl. The molecule has 0 amide bonds. The van der Waals surface area contributed by atoms with E-state index in [1.807, 2.05) is 6.07 Å². The molecule has 0 radical (unpaired) electrons. The molecule has 0 aliphatic carbocycles. The number of hydrogen-bond acceptors (Lipinski definition) is 7. The fraction of sp³-hybridized carbons (Fsp3) is 0.400. The molecular formula is C25H27ClN8O. The van der Waals surface area contributed by atoms with Crippen LogP contribution in [0.2, 0.25) is 0 Å². The van der Waals surface area contributed by atoms with Gasteiger partial charge < -0.3 is 9.47 Å². The van der Waals surface area contributed by atoms with E-state index in [0.717, 1.165) is 28.8 Å². The zero-order chi connectivity index (χ0) is 24.7. The molecule has 35 heavy (non-hydrogen) atoms. The molecule has 1 fully saturated rings. The summed E-state index contributed by atoms with van der Waals surface area (Å²) in [6, 6.07) is 10.3. The average Bonchev–Trinajstić information content (AvgIpc) is 3.30. The van der Waals surface area contributed by atoms with Gasteiger partial charge in [0.05, 0.1) is 34.5 Å². The van der Waals surface area contributed by atoms with Gasteiger partial charge in [0.1, 0.15) is 12.1 Å². The first-order valence-corrected chi connectivity index (χ1v) is 12.2. The fourth-order valence-corrected chi connectivity index (χ4v) is 5.33. The largest absolute Gasteiger partial charge is 0.364 e. The van der Waals surface area contributed by atoms with Crippen molar-refractivity contribution < 1.29 is 0 Å². The number of alkyl halides is 1. The molecule has 0 bridgehead atoms. The van der Waals surface area contributed by atoms with Gasteiger partial charge in [-0.3, -0.25) is 24.3 Å². The molecule has 1 unspecified atom stereocenters. The lowest BCUT2D eigenvalue weighted by Crippen LogP contribution is -2.59. The van der Waals surface area contributed by atoms with Crippen molar-refractivity contribution in [1.29, 1.82) is 5.26 Å².